The van der Waals surface area contributed by atoms with E-state index in [-0.39, 0.29) is 17.9 Å². The Labute approximate surface area is 236 Å². The molecule has 3 amide bonds. The molecule has 1 saturated carbocycles. The van der Waals surface area contributed by atoms with Crippen LogP contribution in [0.1, 0.15) is 69.3 Å². The minimum Gasteiger partial charge on any atom is -0.444 e. The molecule has 0 unspecified atom stereocenters. The molecule has 1 fully saturated rings. The Hall–Kier alpha value is -3.94. The summed E-state index contributed by atoms with van der Waals surface area (Å²) in [6.45, 7) is 8.78. The predicted molar refractivity (Wildman–Crippen MR) is 157 cm³/mol. The third kappa shape index (κ3) is 8.28. The van der Waals surface area contributed by atoms with Gasteiger partial charge in [-0.05, 0) is 76.0 Å². The lowest BCUT2D eigenvalue weighted by Crippen LogP contribution is -2.37. The molecule has 4 rings (SSSR count). The zero-order valence-corrected chi connectivity index (χ0v) is 23.9. The first-order valence-electron chi connectivity index (χ1n) is 14.1. The molecule has 8 nitrogen and oxygen atoms in total. The van der Waals surface area contributed by atoms with Gasteiger partial charge in [-0.2, -0.15) is 0 Å². The third-order valence-corrected chi connectivity index (χ3v) is 7.20. The first-order chi connectivity index (χ1) is 19.1. The molecule has 0 bridgehead atoms. The average Bonchev–Trinajstić information content (AvgIpc) is 2.93. The van der Waals surface area contributed by atoms with E-state index in [2.05, 4.69) is 16.0 Å². The second-order valence-electron chi connectivity index (χ2n) is 11.7. The van der Waals surface area contributed by atoms with Crippen LogP contribution in [-0.2, 0) is 16.1 Å². The van der Waals surface area contributed by atoms with E-state index in [1.54, 1.807) is 0 Å². The molecule has 0 spiro atoms. The Morgan fingerprint density at radius 2 is 1.50 bits per heavy atom. The van der Waals surface area contributed by atoms with E-state index in [1.807, 2.05) is 75.4 Å². The molecule has 1 heterocycles. The van der Waals surface area contributed by atoms with E-state index < -0.39 is 5.60 Å². The van der Waals surface area contributed by atoms with Crippen LogP contribution in [0.15, 0.2) is 54.6 Å². The van der Waals surface area contributed by atoms with Crippen LogP contribution in [0.5, 0.6) is 0 Å². The van der Waals surface area contributed by atoms with Gasteiger partial charge in [-0.1, -0.05) is 42.5 Å². The molecule has 1 aliphatic carbocycles. The first kappa shape index (κ1) is 29.1. The predicted octanol–water partition coefficient (Wildman–Crippen LogP) is 5.60. The number of rotatable bonds is 8. The van der Waals surface area contributed by atoms with Crippen molar-refractivity contribution in [2.45, 2.75) is 65.5 Å². The summed E-state index contributed by atoms with van der Waals surface area (Å²) < 4.78 is 5.33. The minimum absolute atomic E-state index is 0.0702. The van der Waals surface area contributed by atoms with E-state index in [1.165, 1.54) is 6.92 Å². The zero-order valence-electron chi connectivity index (χ0n) is 23.9. The summed E-state index contributed by atoms with van der Waals surface area (Å²) in [6.07, 6.45) is 3.67. The zero-order chi connectivity index (χ0) is 28.7. The Morgan fingerprint density at radius 3 is 2.12 bits per heavy atom. The largest absolute Gasteiger partial charge is 0.444 e. The van der Waals surface area contributed by atoms with Crippen LogP contribution in [0.3, 0.4) is 0 Å². The van der Waals surface area contributed by atoms with E-state index in [0.29, 0.717) is 37.0 Å². The fourth-order valence-electron chi connectivity index (χ4n) is 5.04. The highest BCUT2D eigenvalue weighted by Crippen LogP contribution is 2.29. The molecule has 212 valence electrons. The number of pyridine rings is 1. The van der Waals surface area contributed by atoms with Gasteiger partial charge in [0.1, 0.15) is 5.60 Å². The molecule has 8 heteroatoms. The van der Waals surface area contributed by atoms with E-state index in [9.17, 15) is 14.4 Å². The van der Waals surface area contributed by atoms with Crippen molar-refractivity contribution < 1.29 is 19.1 Å². The van der Waals surface area contributed by atoms with E-state index in [4.69, 9.17) is 9.72 Å². The Bertz CT molecular complexity index is 1340. The lowest BCUT2D eigenvalue weighted by atomic mass is 9.82. The van der Waals surface area contributed by atoms with E-state index >= 15 is 0 Å². The maximum Gasteiger partial charge on any atom is 0.407 e. The number of nitrogens with one attached hydrogen (secondary N) is 3. The van der Waals surface area contributed by atoms with Crippen LogP contribution in [0.4, 0.5) is 4.79 Å². The van der Waals surface area contributed by atoms with Gasteiger partial charge in [0, 0.05) is 37.5 Å². The fraction of sp³-hybridized carbons (Fsp3) is 0.438. The number of para-hydroxylation sites is 1. The van der Waals surface area contributed by atoms with Crippen molar-refractivity contribution in [3.05, 3.63) is 65.7 Å². The number of carbonyl (C=O) groups excluding carboxylic acids is 3. The highest BCUT2D eigenvalue weighted by molar-refractivity contribution is 6.07. The molecule has 1 aromatic heterocycles. The highest BCUT2D eigenvalue weighted by atomic mass is 16.6. The number of amides is 3. The summed E-state index contributed by atoms with van der Waals surface area (Å²) in [6, 6.07) is 17.4. The summed E-state index contributed by atoms with van der Waals surface area (Å²) in [5.74, 6) is 0.663. The minimum atomic E-state index is -0.500. The number of hydrogen-bond acceptors (Lipinski definition) is 5. The van der Waals surface area contributed by atoms with Crippen molar-refractivity contribution in [2.24, 2.45) is 11.8 Å². The molecule has 0 radical (unpaired) electrons. The lowest BCUT2D eigenvalue weighted by molar-refractivity contribution is -0.119. The summed E-state index contributed by atoms with van der Waals surface area (Å²) in [5.41, 5.74) is 3.51. The molecule has 2 aromatic carbocycles. The molecule has 0 atom stereocenters. The van der Waals surface area contributed by atoms with Crippen LogP contribution in [0, 0.1) is 11.8 Å². The number of nitrogens with zero attached hydrogens (tertiary/aromatic N) is 1. The van der Waals surface area contributed by atoms with Crippen LogP contribution in [0.25, 0.3) is 22.2 Å². The lowest BCUT2D eigenvalue weighted by Gasteiger charge is -2.29. The smallest absolute Gasteiger partial charge is 0.407 e. The van der Waals surface area contributed by atoms with Crippen LogP contribution < -0.4 is 16.0 Å². The molecular weight excluding hydrogens is 504 g/mol. The summed E-state index contributed by atoms with van der Waals surface area (Å²) >= 11 is 0. The van der Waals surface area contributed by atoms with Gasteiger partial charge < -0.3 is 20.7 Å². The van der Waals surface area contributed by atoms with Crippen molar-refractivity contribution >= 4 is 28.8 Å². The Balaban J connectivity index is 1.36. The Morgan fingerprint density at radius 1 is 0.875 bits per heavy atom. The number of ether oxygens (including phenoxy) is 1. The van der Waals surface area contributed by atoms with Crippen molar-refractivity contribution in [1.29, 1.82) is 0 Å². The maximum atomic E-state index is 13.4. The number of aromatic nitrogens is 1. The SMILES string of the molecule is CC(=O)NCc1ccc(-c2cc(C(=O)NCC3CCC(CNC(=O)OC(C)(C)C)CC3)c3ccccc3n2)cc1. The number of hydrogen-bond donors (Lipinski definition) is 3. The summed E-state index contributed by atoms with van der Waals surface area (Å²) in [7, 11) is 0. The second-order valence-corrected chi connectivity index (χ2v) is 11.7. The normalized spacial score (nSPS) is 17.2. The van der Waals surface area contributed by atoms with Crippen LogP contribution in [0.2, 0.25) is 0 Å². The number of alkyl carbamates (subject to hydrolysis) is 1. The molecular formula is C32H40N4O4. The van der Waals surface area contributed by atoms with Gasteiger partial charge in [0.15, 0.2) is 0 Å². The van der Waals surface area contributed by atoms with Gasteiger partial charge >= 0.3 is 6.09 Å². The van der Waals surface area contributed by atoms with Crippen molar-refractivity contribution in [2.75, 3.05) is 13.1 Å². The molecule has 3 N–H and O–H groups in total. The molecule has 1 aliphatic rings. The second kappa shape index (κ2) is 12.9. The third-order valence-electron chi connectivity index (χ3n) is 7.20. The van der Waals surface area contributed by atoms with Crippen molar-refractivity contribution in [3.63, 3.8) is 0 Å². The number of benzene rings is 2. The molecule has 40 heavy (non-hydrogen) atoms. The Kier molecular flexibility index (Phi) is 9.40. The maximum absolute atomic E-state index is 13.4. The van der Waals surface area contributed by atoms with Crippen molar-refractivity contribution in [1.82, 2.24) is 20.9 Å². The fourth-order valence-corrected chi connectivity index (χ4v) is 5.04. The van der Waals surface area contributed by atoms with Gasteiger partial charge in [-0.15, -0.1) is 0 Å². The molecule has 3 aromatic rings. The highest BCUT2D eigenvalue weighted by Gasteiger charge is 2.24. The summed E-state index contributed by atoms with van der Waals surface area (Å²) in [5, 5.41) is 9.69. The van der Waals surface area contributed by atoms with Gasteiger partial charge in [-0.3, -0.25) is 9.59 Å². The molecule has 0 saturated heterocycles. The number of carbonyl (C=O) groups is 3. The van der Waals surface area contributed by atoms with Crippen molar-refractivity contribution in [3.8, 4) is 11.3 Å². The van der Waals surface area contributed by atoms with Gasteiger partial charge in [0.25, 0.3) is 5.91 Å². The standard InChI is InChI=1S/C32H40N4O4/c1-21(37)33-18-24-13-15-25(16-14-24)29-17-27(26-7-5-6-8-28(26)36-29)30(38)34-19-22-9-11-23(12-10-22)20-35-31(39)40-32(2,3)4/h5-8,13-17,22-23H,9-12,18-20H2,1-4H3,(H,33,37)(H,34,38)(H,35,39). The monoisotopic (exact) mass is 544 g/mol. The van der Waals surface area contributed by atoms with Gasteiger partial charge in [-0.25, -0.2) is 9.78 Å². The number of fused-ring (bicyclic) bond motifs is 1. The quantitative estimate of drug-likeness (QED) is 0.342. The van der Waals surface area contributed by atoms with Crippen LogP contribution >= 0.6 is 0 Å². The van der Waals surface area contributed by atoms with Crippen LogP contribution in [-0.4, -0.2) is 41.6 Å². The van der Waals surface area contributed by atoms with Gasteiger partial charge in [0.2, 0.25) is 5.91 Å². The summed E-state index contributed by atoms with van der Waals surface area (Å²) in [4.78, 5) is 41.4. The first-order valence-corrected chi connectivity index (χ1v) is 14.1. The van der Waals surface area contributed by atoms with Gasteiger partial charge in [0.05, 0.1) is 16.8 Å². The average molecular weight is 545 g/mol. The van der Waals surface area contributed by atoms with E-state index in [0.717, 1.165) is 53.4 Å². The topological polar surface area (TPSA) is 109 Å². The molecule has 0 aliphatic heterocycles.